The largest absolute Gasteiger partial charge is 0.376 e. The van der Waals surface area contributed by atoms with E-state index in [1.807, 2.05) is 70.5 Å². The van der Waals surface area contributed by atoms with Gasteiger partial charge in [-0.2, -0.15) is 0 Å². The summed E-state index contributed by atoms with van der Waals surface area (Å²) < 4.78 is 6.44. The fourth-order valence-electron chi connectivity index (χ4n) is 5.31. The minimum absolute atomic E-state index is 0.122. The van der Waals surface area contributed by atoms with Gasteiger partial charge in [-0.3, -0.25) is 19.4 Å². The molecule has 7 heteroatoms. The van der Waals surface area contributed by atoms with Gasteiger partial charge in [-0.25, -0.2) is 0 Å². The summed E-state index contributed by atoms with van der Waals surface area (Å²) in [6.45, 7) is 11.2. The van der Waals surface area contributed by atoms with E-state index in [1.165, 1.54) is 19.3 Å². The van der Waals surface area contributed by atoms with Gasteiger partial charge in [-0.1, -0.05) is 62.6 Å². The van der Waals surface area contributed by atoms with Crippen molar-refractivity contribution < 1.29 is 14.3 Å². The fourth-order valence-corrected chi connectivity index (χ4v) is 5.31. The van der Waals surface area contributed by atoms with E-state index in [1.54, 1.807) is 0 Å². The van der Waals surface area contributed by atoms with Crippen LogP contribution in [0, 0.1) is 0 Å². The number of carbonyl (C=O) groups excluding carboxylic acids is 2. The summed E-state index contributed by atoms with van der Waals surface area (Å²) >= 11 is 0. The number of hydrogen-bond donors (Lipinski definition) is 0. The van der Waals surface area contributed by atoms with E-state index in [9.17, 15) is 9.59 Å². The molecule has 2 aromatic carbocycles. The molecule has 2 fully saturated rings. The third-order valence-corrected chi connectivity index (χ3v) is 7.64. The maximum Gasteiger partial charge on any atom is 0.253 e. The van der Waals surface area contributed by atoms with Crippen LogP contribution in [0.5, 0.6) is 0 Å². The van der Waals surface area contributed by atoms with E-state index in [4.69, 9.17) is 4.74 Å². The van der Waals surface area contributed by atoms with Crippen LogP contribution in [0.4, 0.5) is 0 Å². The summed E-state index contributed by atoms with van der Waals surface area (Å²) in [4.78, 5) is 34.5. The molecule has 2 amide bonds. The van der Waals surface area contributed by atoms with E-state index < -0.39 is 0 Å². The number of benzene rings is 2. The van der Waals surface area contributed by atoms with Crippen LogP contribution >= 0.6 is 0 Å². The zero-order chi connectivity index (χ0) is 26.6. The van der Waals surface area contributed by atoms with Gasteiger partial charge in [-0.05, 0) is 30.7 Å². The lowest BCUT2D eigenvalue weighted by Gasteiger charge is -2.39. The van der Waals surface area contributed by atoms with Crippen LogP contribution in [-0.2, 0) is 4.74 Å². The molecule has 2 aliphatic rings. The van der Waals surface area contributed by atoms with Crippen molar-refractivity contribution in [1.29, 1.82) is 0 Å². The van der Waals surface area contributed by atoms with E-state index in [0.29, 0.717) is 0 Å². The Morgan fingerprint density at radius 2 is 1.11 bits per heavy atom. The Hall–Kier alpha value is -2.74. The maximum atomic E-state index is 12.8. The normalized spacial score (nSPS) is 17.2. The molecular weight excluding hydrogens is 476 g/mol. The number of unbranched alkanes of at least 4 members (excludes halogenated alkanes) is 3. The van der Waals surface area contributed by atoms with E-state index in [2.05, 4.69) is 16.7 Å². The van der Waals surface area contributed by atoms with Crippen molar-refractivity contribution in [3.05, 3.63) is 71.8 Å². The van der Waals surface area contributed by atoms with E-state index in [0.717, 1.165) is 89.6 Å². The lowest BCUT2D eigenvalue weighted by atomic mass is 10.1. The van der Waals surface area contributed by atoms with Gasteiger partial charge in [0.2, 0.25) is 0 Å². The van der Waals surface area contributed by atoms with Crippen molar-refractivity contribution in [3.8, 4) is 0 Å². The molecular formula is C31H44N4O3. The molecule has 206 valence electrons. The van der Waals surface area contributed by atoms with Crippen LogP contribution in [-0.4, -0.2) is 110 Å². The molecule has 0 bridgehead atoms. The molecule has 2 saturated heterocycles. The van der Waals surface area contributed by atoms with Gasteiger partial charge in [0.1, 0.15) is 0 Å². The molecule has 0 N–H and O–H groups in total. The number of carbonyl (C=O) groups is 2. The highest BCUT2D eigenvalue weighted by Gasteiger charge is 2.27. The SMILES string of the molecule is CCCCCCOC(CN1CCN(C(=O)c2ccccc2)CC1)CN1CCN(C(=O)c2ccccc2)CC1. The number of hydrogen-bond acceptors (Lipinski definition) is 5. The Kier molecular flexibility index (Phi) is 11.2. The van der Waals surface area contributed by atoms with Gasteiger partial charge < -0.3 is 14.5 Å². The van der Waals surface area contributed by atoms with Crippen molar-refractivity contribution in [3.63, 3.8) is 0 Å². The minimum atomic E-state index is 0.122. The van der Waals surface area contributed by atoms with E-state index >= 15 is 0 Å². The maximum absolute atomic E-state index is 12.8. The summed E-state index contributed by atoms with van der Waals surface area (Å²) in [6.07, 6.45) is 4.92. The second-order valence-corrected chi connectivity index (χ2v) is 10.5. The first kappa shape index (κ1) is 28.3. The minimum Gasteiger partial charge on any atom is -0.376 e. The Labute approximate surface area is 228 Å². The standard InChI is InChI=1S/C31H44N4O3/c1-2-3-4-11-24-38-29(25-32-16-20-34(21-17-32)30(36)27-12-7-5-8-13-27)26-33-18-22-35(23-19-33)31(37)28-14-9-6-10-15-28/h5-10,12-15,29H,2-4,11,16-26H2,1H3. The van der Waals surface area contributed by atoms with Gasteiger partial charge in [0.15, 0.2) is 0 Å². The lowest BCUT2D eigenvalue weighted by Crippen LogP contribution is -2.54. The molecule has 0 atom stereocenters. The first-order valence-corrected chi connectivity index (χ1v) is 14.4. The van der Waals surface area contributed by atoms with Crippen molar-refractivity contribution in [2.45, 2.75) is 38.7 Å². The van der Waals surface area contributed by atoms with Crippen LogP contribution in [0.2, 0.25) is 0 Å². The average molecular weight is 521 g/mol. The molecule has 2 aliphatic heterocycles. The first-order chi connectivity index (χ1) is 18.6. The highest BCUT2D eigenvalue weighted by atomic mass is 16.5. The Bertz CT molecular complexity index is 898. The van der Waals surface area contributed by atoms with Crippen molar-refractivity contribution >= 4 is 11.8 Å². The average Bonchev–Trinajstić information content (AvgIpc) is 2.98. The highest BCUT2D eigenvalue weighted by molar-refractivity contribution is 5.94. The van der Waals surface area contributed by atoms with Gasteiger partial charge in [0.05, 0.1) is 6.10 Å². The molecule has 0 aromatic heterocycles. The lowest BCUT2D eigenvalue weighted by molar-refractivity contribution is -0.0127. The Morgan fingerprint density at radius 1 is 0.658 bits per heavy atom. The highest BCUT2D eigenvalue weighted by Crippen LogP contribution is 2.13. The molecule has 0 radical (unpaired) electrons. The quantitative estimate of drug-likeness (QED) is 0.398. The number of piperazine rings is 2. The molecule has 0 spiro atoms. The first-order valence-electron chi connectivity index (χ1n) is 14.4. The molecule has 0 saturated carbocycles. The molecule has 0 unspecified atom stereocenters. The Morgan fingerprint density at radius 3 is 1.53 bits per heavy atom. The smallest absolute Gasteiger partial charge is 0.253 e. The zero-order valence-corrected chi connectivity index (χ0v) is 23.0. The molecule has 38 heavy (non-hydrogen) atoms. The second-order valence-electron chi connectivity index (χ2n) is 10.5. The molecule has 7 nitrogen and oxygen atoms in total. The van der Waals surface area contributed by atoms with Crippen LogP contribution in [0.25, 0.3) is 0 Å². The second kappa shape index (κ2) is 15.0. The van der Waals surface area contributed by atoms with Crippen molar-refractivity contribution in [1.82, 2.24) is 19.6 Å². The predicted molar refractivity (Wildman–Crippen MR) is 151 cm³/mol. The number of rotatable bonds is 12. The number of ether oxygens (including phenoxy) is 1. The third kappa shape index (κ3) is 8.38. The fraction of sp³-hybridized carbons (Fsp3) is 0.548. The van der Waals surface area contributed by atoms with Crippen LogP contribution in [0.3, 0.4) is 0 Å². The molecule has 0 aliphatic carbocycles. The zero-order valence-electron chi connectivity index (χ0n) is 23.0. The topological polar surface area (TPSA) is 56.3 Å². The predicted octanol–water partition coefficient (Wildman–Crippen LogP) is 3.87. The molecule has 2 aromatic rings. The van der Waals surface area contributed by atoms with E-state index in [-0.39, 0.29) is 17.9 Å². The van der Waals surface area contributed by atoms with Crippen molar-refractivity contribution in [2.75, 3.05) is 72.1 Å². The molecule has 4 rings (SSSR count). The van der Waals surface area contributed by atoms with Gasteiger partial charge in [0.25, 0.3) is 11.8 Å². The summed E-state index contributed by atoms with van der Waals surface area (Å²) in [5.74, 6) is 0.244. The summed E-state index contributed by atoms with van der Waals surface area (Å²) in [6, 6.07) is 19.1. The summed E-state index contributed by atoms with van der Waals surface area (Å²) in [7, 11) is 0. The molecule has 2 heterocycles. The van der Waals surface area contributed by atoms with Crippen LogP contribution in [0.1, 0.15) is 53.3 Å². The number of nitrogens with zero attached hydrogens (tertiary/aromatic N) is 4. The van der Waals surface area contributed by atoms with Gasteiger partial charge >= 0.3 is 0 Å². The van der Waals surface area contributed by atoms with Crippen LogP contribution in [0.15, 0.2) is 60.7 Å². The Balaban J connectivity index is 1.25. The van der Waals surface area contributed by atoms with Gasteiger partial charge in [0, 0.05) is 83.2 Å². The monoisotopic (exact) mass is 520 g/mol. The third-order valence-electron chi connectivity index (χ3n) is 7.64. The summed E-state index contributed by atoms with van der Waals surface area (Å²) in [5.41, 5.74) is 1.53. The van der Waals surface area contributed by atoms with Crippen LogP contribution < -0.4 is 0 Å². The van der Waals surface area contributed by atoms with Crippen molar-refractivity contribution in [2.24, 2.45) is 0 Å². The summed E-state index contributed by atoms with van der Waals surface area (Å²) in [5, 5.41) is 0. The van der Waals surface area contributed by atoms with Gasteiger partial charge in [-0.15, -0.1) is 0 Å². The number of amides is 2.